The molecule has 4 nitrogen and oxygen atoms in total. The second-order valence-electron chi connectivity index (χ2n) is 18.1. The fourth-order valence-electron chi connectivity index (χ4n) is 10.1. The van der Waals surface area contributed by atoms with E-state index in [2.05, 4.69) is 105 Å². The van der Waals surface area contributed by atoms with Crippen LogP contribution in [-0.2, 0) is 4.79 Å². The average molecular weight is 841 g/mol. The summed E-state index contributed by atoms with van der Waals surface area (Å²) in [6.45, 7) is 6.75. The minimum absolute atomic E-state index is 0.408. The molecule has 320 valence electrons. The molecular formula is C60H56O4. The van der Waals surface area contributed by atoms with Crippen LogP contribution in [0.1, 0.15) is 98.5 Å². The van der Waals surface area contributed by atoms with E-state index in [1.54, 1.807) is 0 Å². The Labute approximate surface area is 377 Å². The van der Waals surface area contributed by atoms with Gasteiger partial charge in [-0.3, -0.25) is 0 Å². The summed E-state index contributed by atoms with van der Waals surface area (Å²) >= 11 is 0. The van der Waals surface area contributed by atoms with Crippen molar-refractivity contribution in [1.29, 1.82) is 0 Å². The van der Waals surface area contributed by atoms with Gasteiger partial charge < -0.3 is 14.3 Å². The first kappa shape index (κ1) is 42.5. The maximum atomic E-state index is 14.1. The van der Waals surface area contributed by atoms with E-state index >= 15 is 0 Å². The molecule has 8 aromatic rings. The minimum atomic E-state index is -0.408. The van der Waals surface area contributed by atoms with Gasteiger partial charge in [-0.15, -0.1) is 0 Å². The van der Waals surface area contributed by atoms with Crippen molar-refractivity contribution >= 4 is 34.3 Å². The second-order valence-corrected chi connectivity index (χ2v) is 18.1. The van der Waals surface area contributed by atoms with Gasteiger partial charge in [0.2, 0.25) is 0 Å². The molecule has 0 unspecified atom stereocenters. The van der Waals surface area contributed by atoms with Gasteiger partial charge in [0.1, 0.15) is 24.0 Å². The number of ether oxygens (including phenoxy) is 2. The highest BCUT2D eigenvalue weighted by Crippen LogP contribution is 2.47. The highest BCUT2D eigenvalue weighted by atomic mass is 16.5. The second kappa shape index (κ2) is 19.3. The molecule has 8 aromatic carbocycles. The van der Waals surface area contributed by atoms with E-state index in [1.165, 1.54) is 68.1 Å². The van der Waals surface area contributed by atoms with Crippen LogP contribution in [-0.4, -0.2) is 12.8 Å². The Hall–Kier alpha value is -6.78. The van der Waals surface area contributed by atoms with E-state index in [4.69, 9.17) is 14.3 Å². The van der Waals surface area contributed by atoms with Gasteiger partial charge in [0, 0.05) is 11.1 Å². The number of carbonyl (C=O) groups is 2. The third kappa shape index (κ3) is 9.15. The monoisotopic (exact) mass is 840 g/mol. The van der Waals surface area contributed by atoms with E-state index in [1.807, 2.05) is 85.7 Å². The Morgan fingerprint density at radius 3 is 1.30 bits per heavy atom. The van der Waals surface area contributed by atoms with Gasteiger partial charge in [-0.05, 0) is 141 Å². The van der Waals surface area contributed by atoms with Crippen molar-refractivity contribution in [2.24, 2.45) is 11.8 Å². The number of benzene rings is 8. The van der Waals surface area contributed by atoms with Gasteiger partial charge in [0.05, 0.1) is 5.56 Å². The minimum Gasteiger partial charge on any atom is -0.457 e. The molecule has 64 heavy (non-hydrogen) atoms. The van der Waals surface area contributed by atoms with Crippen molar-refractivity contribution < 1.29 is 19.1 Å². The number of carbonyl (C=O) groups excluding carboxylic acids is 2. The van der Waals surface area contributed by atoms with Crippen molar-refractivity contribution in [3.8, 4) is 50.6 Å². The number of esters is 1. The van der Waals surface area contributed by atoms with Gasteiger partial charge >= 0.3 is 5.97 Å². The van der Waals surface area contributed by atoms with Gasteiger partial charge in [-0.25, -0.2) is 4.79 Å². The molecule has 2 aliphatic rings. The summed E-state index contributed by atoms with van der Waals surface area (Å²) in [4.78, 5) is 22.1. The normalized spacial score (nSPS) is 18.5. The summed E-state index contributed by atoms with van der Waals surface area (Å²) in [6, 6.07) is 59.0. The third-order valence-electron chi connectivity index (χ3n) is 13.9. The molecule has 0 spiro atoms. The van der Waals surface area contributed by atoms with Gasteiger partial charge in [0.25, 0.3) is 0 Å². The van der Waals surface area contributed by atoms with Crippen molar-refractivity contribution in [3.05, 3.63) is 187 Å². The number of hydrogen-bond donors (Lipinski definition) is 0. The predicted octanol–water partition coefficient (Wildman–Crippen LogP) is 16.4. The fourth-order valence-corrected chi connectivity index (χ4v) is 10.1. The number of fused-ring (bicyclic) bond motifs is 2. The maximum absolute atomic E-state index is 14.1. The van der Waals surface area contributed by atoms with Gasteiger partial charge in [-0.2, -0.15) is 0 Å². The zero-order chi connectivity index (χ0) is 44.0. The highest BCUT2D eigenvalue weighted by molar-refractivity contribution is 6.10. The molecule has 2 saturated carbocycles. The third-order valence-corrected chi connectivity index (χ3v) is 13.9. The Kier molecular flexibility index (Phi) is 12.8. The molecule has 0 heterocycles. The lowest BCUT2D eigenvalue weighted by atomic mass is 9.79. The van der Waals surface area contributed by atoms with Crippen LogP contribution in [0.3, 0.4) is 0 Å². The van der Waals surface area contributed by atoms with Crippen molar-refractivity contribution in [2.75, 3.05) is 0 Å². The Morgan fingerprint density at radius 1 is 0.438 bits per heavy atom. The quantitative estimate of drug-likeness (QED) is 0.107. The van der Waals surface area contributed by atoms with E-state index in [9.17, 15) is 4.79 Å². The molecule has 2 aliphatic carbocycles. The Balaban J connectivity index is 0.00000256. The largest absolute Gasteiger partial charge is 0.457 e. The molecule has 4 heteroatoms. The molecule has 2 fully saturated rings. The van der Waals surface area contributed by atoms with Crippen LogP contribution in [0.25, 0.3) is 54.9 Å². The van der Waals surface area contributed by atoms with Crippen LogP contribution in [0.5, 0.6) is 17.2 Å². The fraction of sp³-hybridized carbons (Fsp3) is 0.233. The van der Waals surface area contributed by atoms with Crippen LogP contribution in [0, 0.1) is 11.8 Å². The van der Waals surface area contributed by atoms with Crippen LogP contribution < -0.4 is 9.47 Å². The molecule has 10 rings (SSSR count). The topological polar surface area (TPSA) is 52.6 Å². The first-order valence-electron chi connectivity index (χ1n) is 23.1. The van der Waals surface area contributed by atoms with Crippen molar-refractivity contribution in [2.45, 2.75) is 77.0 Å². The van der Waals surface area contributed by atoms with E-state index in [-0.39, 0.29) is 0 Å². The summed E-state index contributed by atoms with van der Waals surface area (Å²) in [5, 5.41) is 4.10. The lowest BCUT2D eigenvalue weighted by Gasteiger charge is -2.26. The first-order valence-corrected chi connectivity index (χ1v) is 23.1. The van der Waals surface area contributed by atoms with Crippen molar-refractivity contribution in [1.82, 2.24) is 0 Å². The van der Waals surface area contributed by atoms with Crippen LogP contribution in [0.2, 0.25) is 0 Å². The molecule has 0 atom stereocenters. The van der Waals surface area contributed by atoms with E-state index in [0.717, 1.165) is 66.9 Å². The molecule has 0 bridgehead atoms. The average Bonchev–Trinajstić information content (AvgIpc) is 3.35. The molecule has 0 amide bonds. The zero-order valence-corrected chi connectivity index (χ0v) is 37.0. The van der Waals surface area contributed by atoms with E-state index < -0.39 is 5.97 Å². The standard InChI is InChI=1S/C59H54O3.CH2O/c1-39-11-15-41(16-12-39)43-19-23-45(24-20-43)47-27-29-51(30-28-47)59(60)62-56-38-34-50-8-4-6-10-54(50)58(56)57-53-9-5-3-7-49(53)33-37-55(57)61-52-35-31-48(32-36-52)46-25-21-44(22-26-46)42-17-13-40(2)14-18-42;1-2/h3-10,19-42H,11-18H2,1-2H3;1H2. The Morgan fingerprint density at radius 2 is 0.828 bits per heavy atom. The number of hydrogen-bond acceptors (Lipinski definition) is 4. The van der Waals surface area contributed by atoms with Crippen LogP contribution in [0.15, 0.2) is 170 Å². The summed E-state index contributed by atoms with van der Waals surface area (Å²) in [5.74, 6) is 4.51. The zero-order valence-electron chi connectivity index (χ0n) is 37.0. The smallest absolute Gasteiger partial charge is 0.343 e. The Bertz CT molecular complexity index is 2840. The molecule has 0 aliphatic heterocycles. The van der Waals surface area contributed by atoms with Gasteiger partial charge in [-0.1, -0.05) is 173 Å². The molecule has 0 radical (unpaired) electrons. The number of rotatable bonds is 9. The molecule has 0 N–H and O–H groups in total. The molecule has 0 aromatic heterocycles. The summed E-state index contributed by atoms with van der Waals surface area (Å²) in [5.41, 5.74) is 9.65. The predicted molar refractivity (Wildman–Crippen MR) is 264 cm³/mol. The van der Waals surface area contributed by atoms with E-state index in [0.29, 0.717) is 28.9 Å². The lowest BCUT2D eigenvalue weighted by molar-refractivity contribution is -0.0980. The van der Waals surface area contributed by atoms with Crippen LogP contribution >= 0.6 is 0 Å². The first-order chi connectivity index (χ1) is 31.4. The SMILES string of the molecule is C=O.CC1CCC(c2ccc(-c3ccc(Oc4ccc5ccccc5c4-c4c(OC(=O)c5ccc(-c6ccc(C7CCC(C)CC7)cc6)cc5)ccc5ccccc45)cc3)cc2)CC1. The van der Waals surface area contributed by atoms with Crippen molar-refractivity contribution in [3.63, 3.8) is 0 Å². The van der Waals surface area contributed by atoms with Crippen LogP contribution in [0.4, 0.5) is 0 Å². The molecular weight excluding hydrogens is 785 g/mol. The van der Waals surface area contributed by atoms with Gasteiger partial charge in [0.15, 0.2) is 0 Å². The molecule has 0 saturated heterocycles. The summed E-state index contributed by atoms with van der Waals surface area (Å²) in [7, 11) is 0. The summed E-state index contributed by atoms with van der Waals surface area (Å²) in [6.07, 6.45) is 10.4. The maximum Gasteiger partial charge on any atom is 0.343 e. The highest BCUT2D eigenvalue weighted by Gasteiger charge is 2.23. The lowest BCUT2D eigenvalue weighted by Crippen LogP contribution is -2.10. The summed E-state index contributed by atoms with van der Waals surface area (Å²) < 4.78 is 13.2.